The molecule has 5 rings (SSSR count). The van der Waals surface area contributed by atoms with Gasteiger partial charge in [0.05, 0.1) is 29.5 Å². The number of benzene rings is 1. The molecule has 1 aromatic carbocycles. The maximum atomic E-state index is 13.3. The summed E-state index contributed by atoms with van der Waals surface area (Å²) in [6, 6.07) is 11.8. The Morgan fingerprint density at radius 1 is 1.31 bits per heavy atom. The zero-order valence-electron chi connectivity index (χ0n) is 17.9. The minimum Gasteiger partial charge on any atom is -0.490 e. The third-order valence-electron chi connectivity index (χ3n) is 5.65. The van der Waals surface area contributed by atoms with E-state index in [4.69, 9.17) is 14.6 Å². The number of aromatic nitrogens is 3. The molecule has 0 bridgehead atoms. The van der Waals surface area contributed by atoms with Gasteiger partial charge in [-0.1, -0.05) is 6.07 Å². The molecule has 4 heterocycles. The van der Waals surface area contributed by atoms with Crippen LogP contribution in [0.15, 0.2) is 53.7 Å². The average molecular weight is 452 g/mol. The Morgan fingerprint density at radius 2 is 2.25 bits per heavy atom. The molecule has 8 nitrogen and oxygen atoms in total. The minimum absolute atomic E-state index is 0.0683. The normalized spacial score (nSPS) is 15.5. The number of fused-ring (bicyclic) bond motifs is 2. The fourth-order valence-electron chi connectivity index (χ4n) is 4.05. The van der Waals surface area contributed by atoms with Gasteiger partial charge in [-0.05, 0) is 36.8 Å². The van der Waals surface area contributed by atoms with E-state index in [-0.39, 0.29) is 11.8 Å². The first-order valence-corrected chi connectivity index (χ1v) is 11.4. The second-order valence-corrected chi connectivity index (χ2v) is 8.84. The molecule has 0 saturated carbocycles. The van der Waals surface area contributed by atoms with Crippen LogP contribution in [0.4, 0.5) is 5.69 Å². The molecule has 0 spiro atoms. The van der Waals surface area contributed by atoms with Crippen LogP contribution in [0.1, 0.15) is 29.3 Å². The van der Waals surface area contributed by atoms with Gasteiger partial charge in [-0.15, -0.1) is 0 Å². The number of nitrogens with one attached hydrogen (secondary N) is 1. The van der Waals surface area contributed by atoms with Crippen molar-refractivity contribution in [3.63, 3.8) is 0 Å². The fourth-order valence-corrected chi connectivity index (χ4v) is 4.89. The van der Waals surface area contributed by atoms with E-state index < -0.39 is 0 Å². The van der Waals surface area contributed by atoms with Crippen molar-refractivity contribution >= 4 is 23.5 Å². The lowest BCUT2D eigenvalue weighted by Gasteiger charge is -2.23. The SMILES string of the molecule is COCCC(C(=O)N1Cc2cn(Sc3ccc4c(c3)NCCO4)nc2C1)c1ccccn1. The maximum Gasteiger partial charge on any atom is 0.232 e. The second kappa shape index (κ2) is 9.22. The third-order valence-corrected chi connectivity index (χ3v) is 6.49. The quantitative estimate of drug-likeness (QED) is 0.590. The first-order chi connectivity index (χ1) is 15.7. The molecule has 32 heavy (non-hydrogen) atoms. The van der Waals surface area contributed by atoms with Crippen molar-refractivity contribution in [2.75, 3.05) is 32.2 Å². The Bertz CT molecular complexity index is 1080. The molecule has 1 N–H and O–H groups in total. The number of hydrogen-bond donors (Lipinski definition) is 1. The number of pyridine rings is 1. The van der Waals surface area contributed by atoms with Gasteiger partial charge in [-0.3, -0.25) is 9.78 Å². The van der Waals surface area contributed by atoms with Gasteiger partial charge < -0.3 is 19.7 Å². The molecule has 2 aromatic heterocycles. The van der Waals surface area contributed by atoms with Gasteiger partial charge in [0.25, 0.3) is 0 Å². The molecular weight excluding hydrogens is 426 g/mol. The van der Waals surface area contributed by atoms with Gasteiger partial charge in [0, 0.05) is 61.6 Å². The maximum absolute atomic E-state index is 13.3. The van der Waals surface area contributed by atoms with Crippen molar-refractivity contribution in [3.8, 4) is 5.75 Å². The number of amides is 1. The second-order valence-electron chi connectivity index (χ2n) is 7.81. The number of nitrogens with zero attached hydrogens (tertiary/aromatic N) is 4. The monoisotopic (exact) mass is 451 g/mol. The van der Waals surface area contributed by atoms with E-state index in [9.17, 15) is 4.79 Å². The topological polar surface area (TPSA) is 81.5 Å². The summed E-state index contributed by atoms with van der Waals surface area (Å²) in [5.74, 6) is 0.638. The Morgan fingerprint density at radius 3 is 3.06 bits per heavy atom. The van der Waals surface area contributed by atoms with E-state index in [1.54, 1.807) is 25.3 Å². The lowest BCUT2D eigenvalue weighted by Crippen LogP contribution is -2.32. The van der Waals surface area contributed by atoms with Crippen LogP contribution < -0.4 is 10.1 Å². The molecule has 0 aliphatic carbocycles. The zero-order chi connectivity index (χ0) is 21.9. The highest BCUT2D eigenvalue weighted by Gasteiger charge is 2.32. The number of hydrogen-bond acceptors (Lipinski definition) is 7. The number of carbonyl (C=O) groups is 1. The smallest absolute Gasteiger partial charge is 0.232 e. The van der Waals surface area contributed by atoms with Crippen LogP contribution in [0.2, 0.25) is 0 Å². The van der Waals surface area contributed by atoms with Crippen LogP contribution in [0, 0.1) is 0 Å². The van der Waals surface area contributed by atoms with Crippen molar-refractivity contribution < 1.29 is 14.3 Å². The lowest BCUT2D eigenvalue weighted by atomic mass is 9.99. The van der Waals surface area contributed by atoms with Crippen molar-refractivity contribution in [3.05, 3.63) is 65.7 Å². The highest BCUT2D eigenvalue weighted by molar-refractivity contribution is 7.97. The van der Waals surface area contributed by atoms with Gasteiger partial charge in [0.15, 0.2) is 0 Å². The van der Waals surface area contributed by atoms with Crippen LogP contribution in [0.5, 0.6) is 5.75 Å². The summed E-state index contributed by atoms with van der Waals surface area (Å²) in [4.78, 5) is 20.7. The van der Waals surface area contributed by atoms with E-state index in [0.717, 1.165) is 39.8 Å². The van der Waals surface area contributed by atoms with E-state index in [2.05, 4.69) is 16.4 Å². The number of rotatable bonds is 7. The van der Waals surface area contributed by atoms with Crippen LogP contribution >= 0.6 is 11.9 Å². The zero-order valence-corrected chi connectivity index (χ0v) is 18.7. The Kier molecular flexibility index (Phi) is 6.00. The van der Waals surface area contributed by atoms with E-state index >= 15 is 0 Å². The molecule has 1 atom stereocenters. The average Bonchev–Trinajstić information content (AvgIpc) is 3.38. The molecule has 0 saturated heterocycles. The molecular formula is C23H25N5O3S. The van der Waals surface area contributed by atoms with Gasteiger partial charge >= 0.3 is 0 Å². The Hall–Kier alpha value is -3.04. The molecule has 9 heteroatoms. The van der Waals surface area contributed by atoms with Crippen molar-refractivity contribution in [1.82, 2.24) is 19.1 Å². The number of methoxy groups -OCH3 is 1. The van der Waals surface area contributed by atoms with Gasteiger partial charge in [-0.2, -0.15) is 5.10 Å². The summed E-state index contributed by atoms with van der Waals surface area (Å²) < 4.78 is 12.7. The van der Waals surface area contributed by atoms with Crippen LogP contribution in [0.25, 0.3) is 0 Å². The highest BCUT2D eigenvalue weighted by atomic mass is 32.2. The number of anilines is 1. The summed E-state index contributed by atoms with van der Waals surface area (Å²) in [6.07, 6.45) is 4.35. The third kappa shape index (κ3) is 4.31. The van der Waals surface area contributed by atoms with Crippen molar-refractivity contribution in [1.29, 1.82) is 0 Å². The Labute approximate surface area is 191 Å². The highest BCUT2D eigenvalue weighted by Crippen LogP contribution is 2.34. The number of ether oxygens (including phenoxy) is 2. The standard InChI is InChI=1S/C23H25N5O3S/c1-30-10-7-18(19-4-2-3-8-24-19)23(29)27-13-16-14-28(26-21(16)15-27)32-17-5-6-22-20(12-17)25-9-11-31-22/h2-6,8,12,14,18,25H,7,9-11,13,15H2,1H3. The van der Waals surface area contributed by atoms with Crippen molar-refractivity contribution in [2.24, 2.45) is 0 Å². The number of carbonyl (C=O) groups excluding carboxylic acids is 1. The largest absolute Gasteiger partial charge is 0.490 e. The van der Waals surface area contributed by atoms with Crippen LogP contribution in [-0.2, 0) is 22.6 Å². The van der Waals surface area contributed by atoms with Crippen LogP contribution in [0.3, 0.4) is 0 Å². The summed E-state index contributed by atoms with van der Waals surface area (Å²) >= 11 is 1.55. The minimum atomic E-state index is -0.313. The summed E-state index contributed by atoms with van der Waals surface area (Å²) in [5.41, 5.74) is 3.81. The van der Waals surface area contributed by atoms with Gasteiger partial charge in [0.2, 0.25) is 5.91 Å². The lowest BCUT2D eigenvalue weighted by molar-refractivity contribution is -0.134. The first kappa shape index (κ1) is 20.8. The van der Waals surface area contributed by atoms with E-state index in [1.807, 2.05) is 45.5 Å². The molecule has 1 amide bonds. The first-order valence-electron chi connectivity index (χ1n) is 10.7. The predicted molar refractivity (Wildman–Crippen MR) is 122 cm³/mol. The van der Waals surface area contributed by atoms with Gasteiger partial charge in [-0.25, -0.2) is 4.09 Å². The molecule has 0 fully saturated rings. The fraction of sp³-hybridized carbons (Fsp3) is 0.348. The molecule has 2 aliphatic rings. The molecule has 3 aromatic rings. The summed E-state index contributed by atoms with van der Waals surface area (Å²) in [7, 11) is 1.65. The molecule has 0 radical (unpaired) electrons. The summed E-state index contributed by atoms with van der Waals surface area (Å²) in [5, 5.41) is 8.08. The van der Waals surface area contributed by atoms with Crippen LogP contribution in [-0.4, -0.2) is 51.8 Å². The Balaban J connectivity index is 1.26. The predicted octanol–water partition coefficient (Wildman–Crippen LogP) is 3.30. The van der Waals surface area contributed by atoms with Gasteiger partial charge in [0.1, 0.15) is 12.4 Å². The molecule has 1 unspecified atom stereocenters. The van der Waals surface area contributed by atoms with E-state index in [1.165, 1.54) is 0 Å². The van der Waals surface area contributed by atoms with E-state index in [0.29, 0.717) is 32.7 Å². The summed E-state index contributed by atoms with van der Waals surface area (Å²) in [6.45, 7) is 3.08. The van der Waals surface area contributed by atoms with Crippen molar-refractivity contribution in [2.45, 2.75) is 30.3 Å². The molecule has 166 valence electrons. The molecule has 2 aliphatic heterocycles.